The largest absolute Gasteiger partial charge is 0.330 e. The number of nitrogens with two attached hydrogens (primary N) is 1. The van der Waals surface area contributed by atoms with E-state index in [4.69, 9.17) is 5.73 Å². The van der Waals surface area contributed by atoms with Gasteiger partial charge in [0.1, 0.15) is 5.01 Å². The number of nitrogens with zero attached hydrogens (tertiary/aromatic N) is 1. The SMILES string of the molecule is CC(NCC(C)(C)CN)c1nccs1. The Balaban J connectivity index is 2.39. The van der Waals surface area contributed by atoms with Gasteiger partial charge in [0.2, 0.25) is 0 Å². The summed E-state index contributed by atoms with van der Waals surface area (Å²) >= 11 is 1.68. The van der Waals surface area contributed by atoms with Gasteiger partial charge in [0, 0.05) is 18.1 Å². The van der Waals surface area contributed by atoms with Crippen LogP contribution in [0.4, 0.5) is 0 Å². The van der Waals surface area contributed by atoms with Crippen LogP contribution in [0.15, 0.2) is 11.6 Å². The first-order valence-corrected chi connectivity index (χ1v) is 5.76. The number of aromatic nitrogens is 1. The lowest BCUT2D eigenvalue weighted by Crippen LogP contribution is -2.36. The zero-order valence-corrected chi connectivity index (χ0v) is 9.90. The summed E-state index contributed by atoms with van der Waals surface area (Å²) in [5, 5.41) is 6.58. The van der Waals surface area contributed by atoms with E-state index in [1.807, 2.05) is 11.6 Å². The summed E-state index contributed by atoms with van der Waals surface area (Å²) in [5.41, 5.74) is 5.82. The third kappa shape index (κ3) is 3.36. The maximum atomic E-state index is 5.66. The fraction of sp³-hybridized carbons (Fsp3) is 0.700. The summed E-state index contributed by atoms with van der Waals surface area (Å²) in [6.07, 6.45) is 1.84. The fourth-order valence-electron chi connectivity index (χ4n) is 1.04. The molecule has 1 aromatic heterocycles. The second-order valence-corrected chi connectivity index (χ2v) is 5.27. The average molecular weight is 213 g/mol. The van der Waals surface area contributed by atoms with E-state index in [0.29, 0.717) is 12.6 Å². The van der Waals surface area contributed by atoms with Gasteiger partial charge in [-0.3, -0.25) is 0 Å². The highest BCUT2D eigenvalue weighted by Crippen LogP contribution is 2.17. The molecule has 1 aromatic rings. The predicted molar refractivity (Wildman–Crippen MR) is 61.4 cm³/mol. The molecule has 14 heavy (non-hydrogen) atoms. The van der Waals surface area contributed by atoms with E-state index in [-0.39, 0.29) is 5.41 Å². The molecule has 1 heterocycles. The summed E-state index contributed by atoms with van der Waals surface area (Å²) < 4.78 is 0. The minimum absolute atomic E-state index is 0.158. The first kappa shape index (κ1) is 11.6. The molecule has 0 aliphatic heterocycles. The summed E-state index contributed by atoms with van der Waals surface area (Å²) in [5.74, 6) is 0. The van der Waals surface area contributed by atoms with Crippen molar-refractivity contribution < 1.29 is 0 Å². The number of nitrogens with one attached hydrogen (secondary N) is 1. The molecule has 0 fully saturated rings. The van der Waals surface area contributed by atoms with Gasteiger partial charge >= 0.3 is 0 Å². The maximum absolute atomic E-state index is 5.66. The van der Waals surface area contributed by atoms with E-state index in [1.165, 1.54) is 0 Å². The van der Waals surface area contributed by atoms with Gasteiger partial charge in [-0.2, -0.15) is 0 Å². The van der Waals surface area contributed by atoms with Crippen molar-refractivity contribution in [2.24, 2.45) is 11.1 Å². The molecule has 1 rings (SSSR count). The highest BCUT2D eigenvalue weighted by Gasteiger charge is 2.17. The summed E-state index contributed by atoms with van der Waals surface area (Å²) in [6.45, 7) is 8.07. The Morgan fingerprint density at radius 3 is 2.86 bits per heavy atom. The Labute approximate surface area is 89.7 Å². The Morgan fingerprint density at radius 2 is 2.36 bits per heavy atom. The first-order valence-electron chi connectivity index (χ1n) is 4.88. The van der Waals surface area contributed by atoms with Gasteiger partial charge in [-0.25, -0.2) is 4.98 Å². The van der Waals surface area contributed by atoms with E-state index in [9.17, 15) is 0 Å². The van der Waals surface area contributed by atoms with Crippen LogP contribution in [0.2, 0.25) is 0 Å². The van der Waals surface area contributed by atoms with Gasteiger partial charge in [-0.15, -0.1) is 11.3 Å². The number of hydrogen-bond donors (Lipinski definition) is 2. The van der Waals surface area contributed by atoms with Crippen LogP contribution < -0.4 is 11.1 Å². The molecule has 80 valence electrons. The van der Waals surface area contributed by atoms with E-state index < -0.39 is 0 Å². The van der Waals surface area contributed by atoms with Crippen molar-refractivity contribution in [1.82, 2.24) is 10.3 Å². The molecule has 0 amide bonds. The zero-order chi connectivity index (χ0) is 10.6. The Morgan fingerprint density at radius 1 is 1.64 bits per heavy atom. The maximum Gasteiger partial charge on any atom is 0.109 e. The Kier molecular flexibility index (Phi) is 4.04. The van der Waals surface area contributed by atoms with Crippen molar-refractivity contribution in [3.8, 4) is 0 Å². The third-order valence-electron chi connectivity index (χ3n) is 2.26. The van der Waals surface area contributed by atoms with Crippen LogP contribution in [0.5, 0.6) is 0 Å². The van der Waals surface area contributed by atoms with Crippen LogP contribution in [0, 0.1) is 5.41 Å². The minimum Gasteiger partial charge on any atom is -0.330 e. The van der Waals surface area contributed by atoms with Gasteiger partial charge < -0.3 is 11.1 Å². The quantitative estimate of drug-likeness (QED) is 0.784. The molecule has 0 aliphatic carbocycles. The van der Waals surface area contributed by atoms with Crippen molar-refractivity contribution >= 4 is 11.3 Å². The molecular weight excluding hydrogens is 194 g/mol. The van der Waals surface area contributed by atoms with Crippen LogP contribution in [-0.4, -0.2) is 18.1 Å². The molecule has 0 saturated heterocycles. The minimum atomic E-state index is 0.158. The Bertz CT molecular complexity index is 256. The van der Waals surface area contributed by atoms with Crippen molar-refractivity contribution in [1.29, 1.82) is 0 Å². The van der Waals surface area contributed by atoms with E-state index in [1.54, 1.807) is 11.3 Å². The lowest BCUT2D eigenvalue weighted by molar-refractivity contribution is 0.335. The zero-order valence-electron chi connectivity index (χ0n) is 9.08. The molecule has 0 aromatic carbocycles. The van der Waals surface area contributed by atoms with Crippen LogP contribution in [0.25, 0.3) is 0 Å². The monoisotopic (exact) mass is 213 g/mol. The molecule has 0 spiro atoms. The number of rotatable bonds is 5. The third-order valence-corrected chi connectivity index (χ3v) is 3.22. The normalized spacial score (nSPS) is 14.3. The van der Waals surface area contributed by atoms with E-state index in [0.717, 1.165) is 11.6 Å². The molecule has 0 bridgehead atoms. The first-order chi connectivity index (χ1) is 6.55. The summed E-state index contributed by atoms with van der Waals surface area (Å²) in [4.78, 5) is 4.27. The molecule has 3 nitrogen and oxygen atoms in total. The van der Waals surface area contributed by atoms with Crippen LogP contribution in [0.1, 0.15) is 31.8 Å². The standard InChI is InChI=1S/C10H19N3S/c1-8(9-12-4-5-14-9)13-7-10(2,3)6-11/h4-5,8,13H,6-7,11H2,1-3H3. The van der Waals surface area contributed by atoms with E-state index in [2.05, 4.69) is 31.1 Å². The molecule has 0 saturated carbocycles. The smallest absolute Gasteiger partial charge is 0.109 e. The molecule has 0 aliphatic rings. The molecule has 1 atom stereocenters. The molecule has 4 heteroatoms. The van der Waals surface area contributed by atoms with Gasteiger partial charge in [0.05, 0.1) is 6.04 Å². The van der Waals surface area contributed by atoms with Gasteiger partial charge in [-0.05, 0) is 18.9 Å². The second kappa shape index (κ2) is 4.87. The van der Waals surface area contributed by atoms with Crippen LogP contribution >= 0.6 is 11.3 Å². The number of hydrogen-bond acceptors (Lipinski definition) is 4. The van der Waals surface area contributed by atoms with Crippen molar-refractivity contribution in [3.05, 3.63) is 16.6 Å². The summed E-state index contributed by atoms with van der Waals surface area (Å²) in [7, 11) is 0. The van der Waals surface area contributed by atoms with Crippen molar-refractivity contribution in [2.75, 3.05) is 13.1 Å². The van der Waals surface area contributed by atoms with Crippen molar-refractivity contribution in [3.63, 3.8) is 0 Å². The van der Waals surface area contributed by atoms with Crippen LogP contribution in [-0.2, 0) is 0 Å². The second-order valence-electron chi connectivity index (χ2n) is 4.34. The molecule has 3 N–H and O–H groups in total. The van der Waals surface area contributed by atoms with Crippen LogP contribution in [0.3, 0.4) is 0 Å². The van der Waals surface area contributed by atoms with E-state index >= 15 is 0 Å². The lowest BCUT2D eigenvalue weighted by Gasteiger charge is -2.24. The fourth-order valence-corrected chi connectivity index (χ4v) is 1.71. The lowest BCUT2D eigenvalue weighted by atomic mass is 9.93. The van der Waals surface area contributed by atoms with Gasteiger partial charge in [-0.1, -0.05) is 13.8 Å². The van der Waals surface area contributed by atoms with Crippen molar-refractivity contribution in [2.45, 2.75) is 26.8 Å². The Hall–Kier alpha value is -0.450. The predicted octanol–water partition coefficient (Wildman–Crippen LogP) is 1.78. The molecular formula is C10H19N3S. The highest BCUT2D eigenvalue weighted by atomic mass is 32.1. The molecule has 0 radical (unpaired) electrons. The highest BCUT2D eigenvalue weighted by molar-refractivity contribution is 7.09. The average Bonchev–Trinajstić information content (AvgIpc) is 2.67. The molecule has 1 unspecified atom stereocenters. The van der Waals surface area contributed by atoms with Gasteiger partial charge in [0.25, 0.3) is 0 Å². The van der Waals surface area contributed by atoms with Gasteiger partial charge in [0.15, 0.2) is 0 Å². The topological polar surface area (TPSA) is 50.9 Å². The number of thiazole rings is 1. The summed E-state index contributed by atoms with van der Waals surface area (Å²) in [6, 6.07) is 0.320.